The van der Waals surface area contributed by atoms with E-state index in [0.717, 1.165) is 0 Å². The van der Waals surface area contributed by atoms with Crippen LogP contribution in [0.5, 0.6) is 5.75 Å². The number of amides is 1. The molecule has 0 saturated carbocycles. The van der Waals surface area contributed by atoms with Gasteiger partial charge in [-0.25, -0.2) is 0 Å². The van der Waals surface area contributed by atoms with E-state index in [0.29, 0.717) is 11.4 Å². The number of methoxy groups -OCH3 is 1. The molecule has 1 aromatic carbocycles. The van der Waals surface area contributed by atoms with Gasteiger partial charge in [0.2, 0.25) is 5.91 Å². The highest BCUT2D eigenvalue weighted by molar-refractivity contribution is 5.88. The van der Waals surface area contributed by atoms with Gasteiger partial charge in [-0.05, 0) is 24.2 Å². The third-order valence-corrected chi connectivity index (χ3v) is 1.25. The molecule has 3 heteroatoms. The van der Waals surface area contributed by atoms with Crippen LogP contribution in [0.1, 0.15) is 9.67 Å². The van der Waals surface area contributed by atoms with Crippen molar-refractivity contribution in [1.82, 2.24) is 0 Å². The first kappa shape index (κ1) is 6.06. The maximum atomic E-state index is 10.7. The van der Waals surface area contributed by atoms with E-state index < -0.39 is 0 Å². The molecule has 0 fully saturated rings. The van der Waals surface area contributed by atoms with E-state index >= 15 is 0 Å². The number of ether oxygens (including phenoxy) is 1. The van der Waals surface area contributed by atoms with Gasteiger partial charge in [-0.1, -0.05) is 0 Å². The number of benzene rings is 1. The SMILES string of the molecule is [2H]c1c(NC(C)=O)ccc(OC)c1[2H]. The number of nitrogens with one attached hydrogen (secondary N) is 1. The largest absolute Gasteiger partial charge is 0.497 e. The number of carbonyl (C=O) groups excluding carboxylic acids is 1. The highest BCUT2D eigenvalue weighted by atomic mass is 16.5. The van der Waals surface area contributed by atoms with Crippen LogP contribution < -0.4 is 10.1 Å². The Balaban J connectivity index is 3.10. The monoisotopic (exact) mass is 167 g/mol. The van der Waals surface area contributed by atoms with Gasteiger partial charge < -0.3 is 10.1 Å². The number of carbonyl (C=O) groups is 1. The first-order valence-corrected chi connectivity index (χ1v) is 3.48. The fourth-order valence-electron chi connectivity index (χ4n) is 0.753. The molecule has 0 aromatic heterocycles. The summed E-state index contributed by atoms with van der Waals surface area (Å²) in [6.07, 6.45) is 0. The van der Waals surface area contributed by atoms with Gasteiger partial charge in [0.05, 0.1) is 9.85 Å². The fourth-order valence-corrected chi connectivity index (χ4v) is 0.753. The average Bonchev–Trinajstić information content (AvgIpc) is 2.13. The topological polar surface area (TPSA) is 38.3 Å². The van der Waals surface area contributed by atoms with Crippen LogP contribution in [0.3, 0.4) is 0 Å². The molecule has 0 aliphatic rings. The molecule has 0 atom stereocenters. The molecule has 12 heavy (non-hydrogen) atoms. The third-order valence-electron chi connectivity index (χ3n) is 1.25. The summed E-state index contributed by atoms with van der Waals surface area (Å²) >= 11 is 0. The molecule has 0 heterocycles. The van der Waals surface area contributed by atoms with Crippen LogP contribution in [0.15, 0.2) is 24.2 Å². The van der Waals surface area contributed by atoms with Crippen molar-refractivity contribution in [2.75, 3.05) is 12.4 Å². The molecule has 0 aliphatic carbocycles. The molecule has 0 spiro atoms. The Hall–Kier alpha value is -1.51. The van der Waals surface area contributed by atoms with Crippen molar-refractivity contribution in [2.24, 2.45) is 0 Å². The summed E-state index contributed by atoms with van der Waals surface area (Å²) in [6.45, 7) is 1.35. The second-order valence-corrected chi connectivity index (χ2v) is 2.25. The summed E-state index contributed by atoms with van der Waals surface area (Å²) < 4.78 is 19.9. The second-order valence-electron chi connectivity index (χ2n) is 2.25. The highest BCUT2D eigenvalue weighted by Crippen LogP contribution is 2.14. The van der Waals surface area contributed by atoms with Gasteiger partial charge in [-0.15, -0.1) is 0 Å². The van der Waals surface area contributed by atoms with E-state index in [1.807, 2.05) is 0 Å². The predicted molar refractivity (Wildman–Crippen MR) is 47.3 cm³/mol. The van der Waals surface area contributed by atoms with E-state index in [1.165, 1.54) is 14.0 Å². The first-order valence-electron chi connectivity index (χ1n) is 4.48. The Morgan fingerprint density at radius 3 is 2.92 bits per heavy atom. The predicted octanol–water partition coefficient (Wildman–Crippen LogP) is 1.65. The van der Waals surface area contributed by atoms with E-state index in [-0.39, 0.29) is 18.0 Å². The van der Waals surface area contributed by atoms with Gasteiger partial charge in [0, 0.05) is 12.6 Å². The smallest absolute Gasteiger partial charge is 0.221 e. The van der Waals surface area contributed by atoms with Crippen LogP contribution in [-0.4, -0.2) is 13.0 Å². The van der Waals surface area contributed by atoms with Gasteiger partial charge >= 0.3 is 0 Å². The number of anilines is 1. The molecule has 0 unspecified atom stereocenters. The summed E-state index contributed by atoms with van der Waals surface area (Å²) in [5.41, 5.74) is 0.323. The van der Waals surface area contributed by atoms with Crippen molar-refractivity contribution in [2.45, 2.75) is 6.92 Å². The Morgan fingerprint density at radius 1 is 1.58 bits per heavy atom. The zero-order chi connectivity index (χ0) is 10.7. The van der Waals surface area contributed by atoms with Gasteiger partial charge in [-0.3, -0.25) is 4.79 Å². The molecule has 0 aliphatic heterocycles. The normalized spacial score (nSPS) is 11.5. The summed E-state index contributed by atoms with van der Waals surface area (Å²) in [5, 5.41) is 2.46. The van der Waals surface area contributed by atoms with Crippen molar-refractivity contribution in [3.63, 3.8) is 0 Å². The molecule has 3 nitrogen and oxygen atoms in total. The maximum absolute atomic E-state index is 10.7. The number of hydrogen-bond acceptors (Lipinski definition) is 2. The summed E-state index contributed by atoms with van der Waals surface area (Å²) in [7, 11) is 1.44. The van der Waals surface area contributed by atoms with Crippen LogP contribution in [0.2, 0.25) is 0 Å². The van der Waals surface area contributed by atoms with Crippen LogP contribution in [0, 0.1) is 0 Å². The highest BCUT2D eigenvalue weighted by Gasteiger charge is 1.94. The molecule has 0 bridgehead atoms. The Labute approximate surface area is 74.2 Å². The van der Waals surface area contributed by atoms with Gasteiger partial charge in [0.15, 0.2) is 0 Å². The molecule has 0 saturated heterocycles. The van der Waals surface area contributed by atoms with Crippen molar-refractivity contribution in [1.29, 1.82) is 0 Å². The van der Waals surface area contributed by atoms with E-state index in [2.05, 4.69) is 5.32 Å². The van der Waals surface area contributed by atoms with Crippen molar-refractivity contribution < 1.29 is 12.3 Å². The molecule has 64 valence electrons. The molecule has 1 amide bonds. The van der Waals surface area contributed by atoms with Gasteiger partial charge in [0.25, 0.3) is 0 Å². The van der Waals surface area contributed by atoms with Gasteiger partial charge in [-0.2, -0.15) is 0 Å². The standard InChI is InChI=1S/C9H11NO2/c1-7(11)10-8-3-5-9(12-2)6-4-8/h3-6H,1-2H3,(H,10,11)/i3D,5D. The van der Waals surface area contributed by atoms with E-state index in [9.17, 15) is 4.79 Å². The average molecular weight is 167 g/mol. The molecule has 1 rings (SSSR count). The van der Waals surface area contributed by atoms with Crippen LogP contribution in [-0.2, 0) is 4.79 Å². The van der Waals surface area contributed by atoms with Crippen LogP contribution >= 0.6 is 0 Å². The minimum Gasteiger partial charge on any atom is -0.497 e. The fraction of sp³-hybridized carbons (Fsp3) is 0.222. The van der Waals surface area contributed by atoms with Crippen LogP contribution in [0.25, 0.3) is 0 Å². The first-order chi connectivity index (χ1) is 6.56. The zero-order valence-corrected chi connectivity index (χ0v) is 6.97. The van der Waals surface area contributed by atoms with Gasteiger partial charge in [0.1, 0.15) is 5.75 Å². The number of rotatable bonds is 2. The van der Waals surface area contributed by atoms with Crippen molar-refractivity contribution in [3.05, 3.63) is 24.2 Å². The molecular formula is C9H11NO2. The second kappa shape index (κ2) is 3.76. The van der Waals surface area contributed by atoms with Crippen molar-refractivity contribution >= 4 is 11.6 Å². The van der Waals surface area contributed by atoms with Crippen molar-refractivity contribution in [3.8, 4) is 5.75 Å². The lowest BCUT2D eigenvalue weighted by atomic mass is 10.3. The Morgan fingerprint density at radius 2 is 2.33 bits per heavy atom. The lowest BCUT2D eigenvalue weighted by Gasteiger charge is -2.02. The Bertz CT molecular complexity index is 366. The minimum absolute atomic E-state index is 0.0289. The molecular weight excluding hydrogens is 154 g/mol. The Kier molecular flexibility index (Phi) is 1.90. The quantitative estimate of drug-likeness (QED) is 0.727. The molecule has 1 N–H and O–H groups in total. The van der Waals surface area contributed by atoms with E-state index in [4.69, 9.17) is 7.48 Å². The minimum atomic E-state index is -0.261. The zero-order valence-electron chi connectivity index (χ0n) is 8.97. The van der Waals surface area contributed by atoms with Crippen LogP contribution in [0.4, 0.5) is 5.69 Å². The summed E-state index contributed by atoms with van der Waals surface area (Å²) in [5.74, 6) is 0.0622. The summed E-state index contributed by atoms with van der Waals surface area (Å²) in [6, 6.07) is 3.02. The maximum Gasteiger partial charge on any atom is 0.221 e. The number of hydrogen-bond donors (Lipinski definition) is 1. The summed E-state index contributed by atoms with van der Waals surface area (Å²) in [4.78, 5) is 10.7. The molecule has 0 radical (unpaired) electrons. The van der Waals surface area contributed by atoms with E-state index in [1.54, 1.807) is 12.1 Å². The lowest BCUT2D eigenvalue weighted by Crippen LogP contribution is -2.05. The lowest BCUT2D eigenvalue weighted by molar-refractivity contribution is -0.114. The third kappa shape index (κ3) is 2.27. The molecule has 1 aromatic rings.